The van der Waals surface area contributed by atoms with Gasteiger partial charge in [-0.05, 0) is 6.07 Å². The molecule has 13 nitrogen and oxygen atoms in total. The lowest BCUT2D eigenvalue weighted by Crippen LogP contribution is -2.71. The van der Waals surface area contributed by atoms with E-state index >= 15 is 0 Å². The molecule has 2 amide bonds. The second-order valence-corrected chi connectivity index (χ2v) is 9.32. The van der Waals surface area contributed by atoms with Crippen LogP contribution in [0.3, 0.4) is 0 Å². The van der Waals surface area contributed by atoms with E-state index in [-0.39, 0.29) is 35.4 Å². The Bertz CT molecular complexity index is 1500. The molecule has 0 bridgehead atoms. The van der Waals surface area contributed by atoms with Crippen molar-refractivity contribution >= 4 is 52.0 Å². The van der Waals surface area contributed by atoms with Gasteiger partial charge in [-0.15, -0.1) is 11.8 Å². The number of carboxylic acid groups (broad SMARTS) is 1. The number of nitrogens with two attached hydrogens (primary N) is 1. The molecule has 2 unspecified atom stereocenters. The summed E-state index contributed by atoms with van der Waals surface area (Å²) in [5.41, 5.74) is 5.57. The highest BCUT2D eigenvalue weighted by Crippen LogP contribution is 2.40. The number of nitrogens with zero attached hydrogens (tertiary/aromatic N) is 4. The molecule has 0 saturated carbocycles. The molecule has 2 aromatic heterocycles. The van der Waals surface area contributed by atoms with Crippen molar-refractivity contribution in [2.75, 3.05) is 18.6 Å². The minimum atomic E-state index is -1.26. The number of anilines is 1. The standard InChI is InChI=1S/C23H20N6O7S/c1-35-27-16(14-9-36-23(24)25-14)19(31)26-17-20(32)29-18(22(33)34)12(10-37-21(17)29)7-28-6-11-4-2-3-5-13(11)15(30)8-28/h2-6,8-9,17,21H,7,10H2,1H3,(H4-,24,25,26,30,31,33,34)/p+1/b27-16+. The van der Waals surface area contributed by atoms with Gasteiger partial charge in [0.2, 0.25) is 6.20 Å². The molecule has 2 atom stereocenters. The molecule has 190 valence electrons. The highest BCUT2D eigenvalue weighted by molar-refractivity contribution is 8.00. The van der Waals surface area contributed by atoms with Gasteiger partial charge in [-0.2, -0.15) is 9.55 Å². The average Bonchev–Trinajstić information content (AvgIpc) is 3.31. The quantitative estimate of drug-likeness (QED) is 0.144. The van der Waals surface area contributed by atoms with Crippen molar-refractivity contribution in [2.45, 2.75) is 18.0 Å². The van der Waals surface area contributed by atoms with E-state index in [1.807, 2.05) is 18.2 Å². The van der Waals surface area contributed by atoms with Gasteiger partial charge in [0.15, 0.2) is 24.2 Å². The van der Waals surface area contributed by atoms with E-state index in [0.717, 1.165) is 11.6 Å². The first-order chi connectivity index (χ1) is 17.8. The van der Waals surface area contributed by atoms with Crippen LogP contribution in [-0.2, 0) is 25.8 Å². The molecule has 5 N–H and O–H groups in total. The van der Waals surface area contributed by atoms with Crippen LogP contribution in [0.15, 0.2) is 63.8 Å². The molecular weight excluding hydrogens is 504 g/mol. The zero-order valence-corrected chi connectivity index (χ0v) is 20.1. The summed E-state index contributed by atoms with van der Waals surface area (Å²) in [6.45, 7) is 0.152. The summed E-state index contributed by atoms with van der Waals surface area (Å²) in [7, 11) is 1.24. The molecule has 37 heavy (non-hydrogen) atoms. The van der Waals surface area contributed by atoms with Gasteiger partial charge in [0.05, 0.1) is 0 Å². The number of oxazole rings is 1. The number of benzene rings is 1. The van der Waals surface area contributed by atoms with Crippen LogP contribution in [0.4, 0.5) is 6.01 Å². The van der Waals surface area contributed by atoms with E-state index in [1.165, 1.54) is 30.0 Å². The molecule has 0 aliphatic carbocycles. The predicted molar refractivity (Wildman–Crippen MR) is 130 cm³/mol. The van der Waals surface area contributed by atoms with E-state index in [0.29, 0.717) is 16.7 Å². The number of β-lactam (4-membered cyclic amide) rings is 1. The first-order valence-corrected chi connectivity index (χ1v) is 12.0. The molecule has 5 rings (SSSR count). The lowest BCUT2D eigenvalue weighted by Gasteiger charge is -2.49. The number of carbonyl (C=O) groups excluding carboxylic acids is 2. The summed E-state index contributed by atoms with van der Waals surface area (Å²) in [6.07, 6.45) is 4.43. The summed E-state index contributed by atoms with van der Waals surface area (Å²) in [6, 6.07) is 6.10. The van der Waals surface area contributed by atoms with Gasteiger partial charge in [-0.25, -0.2) is 4.79 Å². The average molecular weight is 526 g/mol. The van der Waals surface area contributed by atoms with Crippen LogP contribution >= 0.6 is 11.8 Å². The number of carboxylic acids is 1. The SMILES string of the molecule is CO/N=C(/C(=O)NC1C(=O)N2C(C(=O)O)=C(C[n+]3cc(O)c4ccccc4c3)CSC12)c1coc(N)n1. The second kappa shape index (κ2) is 9.46. The molecule has 2 aliphatic rings. The third-order valence-electron chi connectivity index (χ3n) is 5.90. The van der Waals surface area contributed by atoms with Crippen molar-refractivity contribution < 1.29 is 38.4 Å². The van der Waals surface area contributed by atoms with Gasteiger partial charge in [0.1, 0.15) is 36.2 Å². The summed E-state index contributed by atoms with van der Waals surface area (Å²) in [4.78, 5) is 47.8. The summed E-state index contributed by atoms with van der Waals surface area (Å²) < 4.78 is 6.59. The Balaban J connectivity index is 1.38. The minimum absolute atomic E-state index is 0.0147. The molecule has 3 aromatic rings. The summed E-state index contributed by atoms with van der Waals surface area (Å²) in [5.74, 6) is -2.25. The number of fused-ring (bicyclic) bond motifs is 2. The monoisotopic (exact) mass is 525 g/mol. The second-order valence-electron chi connectivity index (χ2n) is 8.21. The largest absolute Gasteiger partial charge is 0.502 e. The number of aromatic nitrogens is 2. The number of nitrogens with one attached hydrogen (secondary N) is 1. The Labute approximate surface area is 213 Å². The maximum absolute atomic E-state index is 13.0. The molecule has 14 heteroatoms. The van der Waals surface area contributed by atoms with Crippen LogP contribution in [0.2, 0.25) is 0 Å². The van der Waals surface area contributed by atoms with Crippen molar-refractivity contribution in [1.82, 2.24) is 15.2 Å². The lowest BCUT2D eigenvalue weighted by atomic mass is 10.0. The maximum Gasteiger partial charge on any atom is 0.352 e. The Morgan fingerprint density at radius 1 is 1.38 bits per heavy atom. The number of carbonyl (C=O) groups is 3. The number of aliphatic carboxylic acids is 1. The van der Waals surface area contributed by atoms with Crippen molar-refractivity contribution in [2.24, 2.45) is 5.16 Å². The van der Waals surface area contributed by atoms with E-state index < -0.39 is 29.2 Å². The van der Waals surface area contributed by atoms with E-state index in [9.17, 15) is 24.6 Å². The predicted octanol–water partition coefficient (Wildman–Crippen LogP) is 0.192. The van der Waals surface area contributed by atoms with E-state index in [1.54, 1.807) is 16.8 Å². The van der Waals surface area contributed by atoms with Crippen LogP contribution in [0, 0.1) is 0 Å². The van der Waals surface area contributed by atoms with Crippen LogP contribution < -0.4 is 15.6 Å². The smallest absolute Gasteiger partial charge is 0.352 e. The fourth-order valence-corrected chi connectivity index (χ4v) is 5.64. The third kappa shape index (κ3) is 4.31. The Kier molecular flexibility index (Phi) is 6.17. The number of thioether (sulfide) groups is 1. The van der Waals surface area contributed by atoms with Gasteiger partial charge < -0.3 is 30.5 Å². The Hall–Kier alpha value is -4.59. The molecule has 0 radical (unpaired) electrons. The fraction of sp³-hybridized carbons (Fsp3) is 0.217. The highest BCUT2D eigenvalue weighted by Gasteiger charge is 2.54. The van der Waals surface area contributed by atoms with Crippen molar-refractivity contribution in [3.8, 4) is 5.75 Å². The number of oxime groups is 1. The number of nitrogen functional groups attached to an aromatic ring is 1. The molecule has 2 aliphatic heterocycles. The first-order valence-electron chi connectivity index (χ1n) is 10.9. The highest BCUT2D eigenvalue weighted by atomic mass is 32.2. The third-order valence-corrected chi connectivity index (χ3v) is 7.24. The number of hydrogen-bond acceptors (Lipinski definition) is 10. The molecular formula is C23H21N6O7S+. The molecule has 1 saturated heterocycles. The zero-order valence-electron chi connectivity index (χ0n) is 19.3. The maximum atomic E-state index is 13.0. The zero-order chi connectivity index (χ0) is 26.3. The van der Waals surface area contributed by atoms with Gasteiger partial charge in [0.25, 0.3) is 17.8 Å². The van der Waals surface area contributed by atoms with Gasteiger partial charge in [0, 0.05) is 22.1 Å². The number of hydrogen-bond donors (Lipinski definition) is 4. The summed E-state index contributed by atoms with van der Waals surface area (Å²) in [5, 5.41) is 27.4. The molecule has 0 spiro atoms. The van der Waals surface area contributed by atoms with Gasteiger partial charge >= 0.3 is 5.97 Å². The fourth-order valence-electron chi connectivity index (χ4n) is 4.30. The number of amides is 2. The Morgan fingerprint density at radius 2 is 2.16 bits per heavy atom. The normalized spacial score (nSPS) is 19.4. The van der Waals surface area contributed by atoms with Crippen LogP contribution in [0.25, 0.3) is 10.8 Å². The van der Waals surface area contributed by atoms with Crippen LogP contribution in [0.1, 0.15) is 5.69 Å². The van der Waals surface area contributed by atoms with Crippen LogP contribution in [0.5, 0.6) is 5.75 Å². The number of aromatic hydroxyl groups is 1. The van der Waals surface area contributed by atoms with E-state index in [4.69, 9.17) is 15.0 Å². The molecule has 4 heterocycles. The van der Waals surface area contributed by atoms with Gasteiger partial charge in [-0.1, -0.05) is 23.4 Å². The molecule has 1 aromatic carbocycles. The Morgan fingerprint density at radius 3 is 2.86 bits per heavy atom. The van der Waals surface area contributed by atoms with Crippen molar-refractivity contribution in [3.63, 3.8) is 0 Å². The number of rotatable bonds is 7. The van der Waals surface area contributed by atoms with Gasteiger partial charge in [-0.3, -0.25) is 14.5 Å². The van der Waals surface area contributed by atoms with E-state index in [2.05, 4.69) is 15.5 Å². The first kappa shape index (κ1) is 24.1. The van der Waals surface area contributed by atoms with Crippen molar-refractivity contribution in [1.29, 1.82) is 0 Å². The number of pyridine rings is 1. The lowest BCUT2D eigenvalue weighted by molar-refractivity contribution is -0.688. The topological polar surface area (TPSA) is 184 Å². The van der Waals surface area contributed by atoms with Crippen LogP contribution in [-0.4, -0.2) is 67.9 Å². The van der Waals surface area contributed by atoms with Crippen molar-refractivity contribution in [3.05, 3.63) is 59.9 Å². The summed E-state index contributed by atoms with van der Waals surface area (Å²) >= 11 is 1.32. The minimum Gasteiger partial charge on any atom is -0.502 e. The molecule has 1 fully saturated rings.